The van der Waals surface area contributed by atoms with Gasteiger partial charge in [0.25, 0.3) is 5.56 Å². The normalized spacial score (nSPS) is 10.8. The van der Waals surface area contributed by atoms with Gasteiger partial charge in [0.05, 0.1) is 30.4 Å². The molecule has 5 nitrogen and oxygen atoms in total. The molecule has 0 spiro atoms. The molecule has 1 heterocycles. The number of aliphatic hydroxyl groups is 2. The average molecular weight is 206 g/mol. The van der Waals surface area contributed by atoms with Gasteiger partial charge in [-0.2, -0.15) is 0 Å². The number of aromatic nitrogens is 2. The fraction of sp³-hybridized carbons (Fsp3) is 0.200. The molecule has 0 atom stereocenters. The predicted molar refractivity (Wildman–Crippen MR) is 54.2 cm³/mol. The van der Waals surface area contributed by atoms with Crippen molar-refractivity contribution in [2.75, 3.05) is 0 Å². The zero-order valence-corrected chi connectivity index (χ0v) is 7.90. The van der Waals surface area contributed by atoms with Gasteiger partial charge in [-0.05, 0) is 23.3 Å². The van der Waals surface area contributed by atoms with E-state index in [2.05, 4.69) is 9.97 Å². The number of hydrogen-bond donors (Lipinski definition) is 3. The predicted octanol–water partition coefficient (Wildman–Crippen LogP) is -0.0923. The Hall–Kier alpha value is -1.72. The van der Waals surface area contributed by atoms with E-state index >= 15 is 0 Å². The SMILES string of the molecule is O=c1[nH]cnc2cc(CO)c(CO)cc12. The number of rotatable bonds is 2. The van der Waals surface area contributed by atoms with Gasteiger partial charge in [-0.1, -0.05) is 0 Å². The molecule has 0 unspecified atom stereocenters. The van der Waals surface area contributed by atoms with Gasteiger partial charge < -0.3 is 15.2 Å². The van der Waals surface area contributed by atoms with Crippen molar-refractivity contribution in [3.05, 3.63) is 39.9 Å². The van der Waals surface area contributed by atoms with Gasteiger partial charge in [0, 0.05) is 0 Å². The fourth-order valence-corrected chi connectivity index (χ4v) is 1.50. The molecule has 0 fully saturated rings. The van der Waals surface area contributed by atoms with Gasteiger partial charge >= 0.3 is 0 Å². The smallest absolute Gasteiger partial charge is 0.258 e. The molecule has 78 valence electrons. The Morgan fingerprint density at radius 1 is 1.20 bits per heavy atom. The van der Waals surface area contributed by atoms with E-state index in [-0.39, 0.29) is 18.8 Å². The van der Waals surface area contributed by atoms with E-state index in [9.17, 15) is 4.79 Å². The van der Waals surface area contributed by atoms with E-state index in [4.69, 9.17) is 10.2 Å². The van der Waals surface area contributed by atoms with Crippen LogP contribution in [0.4, 0.5) is 0 Å². The number of H-pyrrole nitrogens is 1. The van der Waals surface area contributed by atoms with Crippen molar-refractivity contribution in [2.45, 2.75) is 13.2 Å². The van der Waals surface area contributed by atoms with Crippen LogP contribution in [0.2, 0.25) is 0 Å². The quantitative estimate of drug-likeness (QED) is 0.640. The largest absolute Gasteiger partial charge is 0.392 e. The molecular formula is C10H10N2O3. The van der Waals surface area contributed by atoms with Gasteiger partial charge in [-0.25, -0.2) is 4.98 Å². The van der Waals surface area contributed by atoms with Crippen LogP contribution in [-0.4, -0.2) is 20.2 Å². The van der Waals surface area contributed by atoms with E-state index in [1.165, 1.54) is 6.33 Å². The lowest BCUT2D eigenvalue weighted by molar-refractivity contribution is 0.260. The van der Waals surface area contributed by atoms with Crippen LogP contribution in [0.15, 0.2) is 23.3 Å². The van der Waals surface area contributed by atoms with Gasteiger partial charge in [0.2, 0.25) is 0 Å². The van der Waals surface area contributed by atoms with E-state index in [0.29, 0.717) is 22.0 Å². The van der Waals surface area contributed by atoms with Crippen molar-refractivity contribution < 1.29 is 10.2 Å². The Labute approximate surface area is 85.0 Å². The Bertz CT molecular complexity index is 548. The number of benzene rings is 1. The summed E-state index contributed by atoms with van der Waals surface area (Å²) in [6.45, 7) is -0.388. The molecule has 0 aliphatic heterocycles. The molecular weight excluding hydrogens is 196 g/mol. The Morgan fingerprint density at radius 3 is 2.53 bits per heavy atom. The Balaban J connectivity index is 2.81. The lowest BCUT2D eigenvalue weighted by Crippen LogP contribution is -2.08. The van der Waals surface area contributed by atoms with Crippen molar-refractivity contribution in [1.29, 1.82) is 0 Å². The zero-order chi connectivity index (χ0) is 10.8. The number of aliphatic hydroxyl groups excluding tert-OH is 2. The highest BCUT2D eigenvalue weighted by molar-refractivity contribution is 5.79. The van der Waals surface area contributed by atoms with Crippen molar-refractivity contribution in [3.63, 3.8) is 0 Å². The molecule has 0 bridgehead atoms. The van der Waals surface area contributed by atoms with Crippen LogP contribution in [0.1, 0.15) is 11.1 Å². The molecule has 0 radical (unpaired) electrons. The maximum atomic E-state index is 11.4. The molecule has 15 heavy (non-hydrogen) atoms. The standard InChI is InChI=1S/C10H10N2O3/c13-3-6-1-8-9(2-7(6)4-14)11-5-12-10(8)15/h1-2,5,13-14H,3-4H2,(H,11,12,15). The first kappa shape index (κ1) is 9.82. The summed E-state index contributed by atoms with van der Waals surface area (Å²) in [6.07, 6.45) is 1.31. The topological polar surface area (TPSA) is 86.2 Å². The van der Waals surface area contributed by atoms with Crippen molar-refractivity contribution >= 4 is 10.9 Å². The second-order valence-electron chi connectivity index (χ2n) is 3.19. The molecule has 2 aromatic rings. The second kappa shape index (κ2) is 3.80. The monoisotopic (exact) mass is 206 g/mol. The van der Waals surface area contributed by atoms with Crippen molar-refractivity contribution in [2.24, 2.45) is 0 Å². The van der Waals surface area contributed by atoms with Crippen LogP contribution in [0, 0.1) is 0 Å². The number of fused-ring (bicyclic) bond motifs is 1. The third-order valence-corrected chi connectivity index (χ3v) is 2.30. The van der Waals surface area contributed by atoms with Crippen LogP contribution < -0.4 is 5.56 Å². The summed E-state index contributed by atoms with van der Waals surface area (Å²) in [7, 11) is 0. The molecule has 1 aromatic heterocycles. The second-order valence-corrected chi connectivity index (χ2v) is 3.19. The lowest BCUT2D eigenvalue weighted by atomic mass is 10.1. The van der Waals surface area contributed by atoms with Crippen molar-refractivity contribution in [1.82, 2.24) is 9.97 Å². The Kier molecular flexibility index (Phi) is 2.49. The van der Waals surface area contributed by atoms with Crippen molar-refractivity contribution in [3.8, 4) is 0 Å². The lowest BCUT2D eigenvalue weighted by Gasteiger charge is -2.05. The molecule has 1 aromatic carbocycles. The molecule has 3 N–H and O–H groups in total. The van der Waals surface area contributed by atoms with Gasteiger partial charge in [-0.15, -0.1) is 0 Å². The average Bonchev–Trinajstić information content (AvgIpc) is 2.28. The van der Waals surface area contributed by atoms with Gasteiger partial charge in [-0.3, -0.25) is 4.79 Å². The Morgan fingerprint density at radius 2 is 1.87 bits per heavy atom. The minimum atomic E-state index is -0.251. The number of nitrogens with one attached hydrogen (secondary N) is 1. The van der Waals surface area contributed by atoms with E-state index in [0.717, 1.165) is 0 Å². The highest BCUT2D eigenvalue weighted by Gasteiger charge is 2.06. The zero-order valence-electron chi connectivity index (χ0n) is 7.90. The van der Waals surface area contributed by atoms with Crippen LogP contribution in [-0.2, 0) is 13.2 Å². The third kappa shape index (κ3) is 1.62. The summed E-state index contributed by atoms with van der Waals surface area (Å²) in [5.41, 5.74) is 1.39. The summed E-state index contributed by atoms with van der Waals surface area (Å²) in [6, 6.07) is 3.16. The van der Waals surface area contributed by atoms with E-state index in [1.54, 1.807) is 12.1 Å². The van der Waals surface area contributed by atoms with Crippen LogP contribution in [0.25, 0.3) is 10.9 Å². The van der Waals surface area contributed by atoms with Crippen LogP contribution in [0.3, 0.4) is 0 Å². The molecule has 0 saturated heterocycles. The highest BCUT2D eigenvalue weighted by atomic mass is 16.3. The minimum Gasteiger partial charge on any atom is -0.392 e. The van der Waals surface area contributed by atoms with E-state index in [1.807, 2.05) is 0 Å². The summed E-state index contributed by atoms with van der Waals surface area (Å²) in [5.74, 6) is 0. The molecule has 5 heteroatoms. The van der Waals surface area contributed by atoms with E-state index < -0.39 is 0 Å². The van der Waals surface area contributed by atoms with Crippen LogP contribution in [0.5, 0.6) is 0 Å². The summed E-state index contributed by atoms with van der Waals surface area (Å²) in [4.78, 5) is 17.8. The first-order valence-electron chi connectivity index (χ1n) is 4.47. The number of nitrogens with zero attached hydrogens (tertiary/aromatic N) is 1. The fourth-order valence-electron chi connectivity index (χ4n) is 1.50. The maximum absolute atomic E-state index is 11.4. The summed E-state index contributed by atoms with van der Waals surface area (Å²) < 4.78 is 0. The molecule has 0 aliphatic rings. The number of aromatic amines is 1. The highest BCUT2D eigenvalue weighted by Crippen LogP contribution is 2.15. The molecule has 0 amide bonds. The van der Waals surface area contributed by atoms with Gasteiger partial charge in [0.15, 0.2) is 0 Å². The molecule has 0 aliphatic carbocycles. The first-order chi connectivity index (χ1) is 7.26. The summed E-state index contributed by atoms with van der Waals surface area (Å²) >= 11 is 0. The maximum Gasteiger partial charge on any atom is 0.258 e. The first-order valence-corrected chi connectivity index (χ1v) is 4.47. The molecule has 2 rings (SSSR count). The number of hydrogen-bond acceptors (Lipinski definition) is 4. The van der Waals surface area contributed by atoms with Crippen LogP contribution >= 0.6 is 0 Å². The molecule has 0 saturated carbocycles. The summed E-state index contributed by atoms with van der Waals surface area (Å²) in [5, 5.41) is 18.5. The third-order valence-electron chi connectivity index (χ3n) is 2.30. The minimum absolute atomic E-state index is 0.180. The van der Waals surface area contributed by atoms with Gasteiger partial charge in [0.1, 0.15) is 0 Å².